The minimum absolute atomic E-state index is 0.0619. The lowest BCUT2D eigenvalue weighted by Gasteiger charge is -2.26. The lowest BCUT2D eigenvalue weighted by atomic mass is 10.1. The number of thioether (sulfide) groups is 1. The monoisotopic (exact) mass is 572 g/mol. The van der Waals surface area contributed by atoms with Gasteiger partial charge in [0.15, 0.2) is 10.3 Å². The third kappa shape index (κ3) is 7.42. The quantitative estimate of drug-likeness (QED) is 0.202. The first-order chi connectivity index (χ1) is 19.1. The Hall–Kier alpha value is -2.84. The summed E-state index contributed by atoms with van der Waals surface area (Å²) in [6, 6.07) is 4.96. The lowest BCUT2D eigenvalue weighted by molar-refractivity contribution is -0.113. The molecule has 2 amide bonds. The molecule has 39 heavy (non-hydrogen) atoms. The van der Waals surface area contributed by atoms with Crippen molar-refractivity contribution in [2.75, 3.05) is 57.1 Å². The number of anilines is 1. The number of ether oxygens (including phenoxy) is 2. The highest BCUT2D eigenvalue weighted by atomic mass is 32.2. The van der Waals surface area contributed by atoms with Crippen LogP contribution in [0.5, 0.6) is 0 Å². The van der Waals surface area contributed by atoms with E-state index in [0.717, 1.165) is 52.1 Å². The van der Waals surface area contributed by atoms with Crippen molar-refractivity contribution in [3.63, 3.8) is 0 Å². The molecule has 13 heteroatoms. The predicted molar refractivity (Wildman–Crippen MR) is 151 cm³/mol. The van der Waals surface area contributed by atoms with Crippen molar-refractivity contribution in [1.82, 2.24) is 24.8 Å². The highest BCUT2D eigenvalue weighted by Gasteiger charge is 2.21. The molecule has 0 aliphatic carbocycles. The molecular formula is C26H32N6O5S2. The summed E-state index contributed by atoms with van der Waals surface area (Å²) in [4.78, 5) is 50.0. The maximum absolute atomic E-state index is 13.5. The number of hydrogen-bond donors (Lipinski definition) is 2. The SMILES string of the molecule is O=C(CSc1nc2cc(C(=O)NCCCN3CCOCC3)ccc2c(=O)n1C[C@H]1CCCO1)Nc1nccs1. The van der Waals surface area contributed by atoms with Crippen LogP contribution < -0.4 is 16.2 Å². The molecule has 5 rings (SSSR count). The summed E-state index contributed by atoms with van der Waals surface area (Å²) in [6.07, 6.45) is 4.20. The van der Waals surface area contributed by atoms with Gasteiger partial charge in [-0.15, -0.1) is 11.3 Å². The van der Waals surface area contributed by atoms with E-state index in [4.69, 9.17) is 14.5 Å². The second kappa shape index (κ2) is 13.5. The van der Waals surface area contributed by atoms with Crippen LogP contribution in [-0.2, 0) is 20.8 Å². The van der Waals surface area contributed by atoms with Crippen LogP contribution in [0.4, 0.5) is 5.13 Å². The standard InChI is InChI=1S/C26H32N6O5S2/c33-22(30-25-28-7-14-38-25)17-39-26-29-21-15-18(23(34)27-6-2-8-31-9-12-36-13-10-31)4-5-20(21)24(35)32(26)16-19-3-1-11-37-19/h4-5,7,14-15,19H,1-3,6,8-13,16-17H2,(H,27,34)(H,28,30,33)/t19-/m1/s1. The fourth-order valence-electron chi connectivity index (χ4n) is 4.61. The van der Waals surface area contributed by atoms with Crippen molar-refractivity contribution < 1.29 is 19.1 Å². The van der Waals surface area contributed by atoms with Gasteiger partial charge in [-0.3, -0.25) is 23.9 Å². The number of carbonyl (C=O) groups is 2. The van der Waals surface area contributed by atoms with Crippen LogP contribution in [0, 0.1) is 0 Å². The number of carbonyl (C=O) groups excluding carboxylic acids is 2. The molecule has 2 saturated heterocycles. The van der Waals surface area contributed by atoms with Gasteiger partial charge in [0, 0.05) is 43.4 Å². The summed E-state index contributed by atoms with van der Waals surface area (Å²) >= 11 is 2.52. The topological polar surface area (TPSA) is 128 Å². The van der Waals surface area contributed by atoms with E-state index in [1.165, 1.54) is 23.1 Å². The number of benzene rings is 1. The minimum Gasteiger partial charge on any atom is -0.379 e. The Bertz CT molecular complexity index is 1340. The summed E-state index contributed by atoms with van der Waals surface area (Å²) in [5.41, 5.74) is 0.651. The highest BCUT2D eigenvalue weighted by molar-refractivity contribution is 7.99. The summed E-state index contributed by atoms with van der Waals surface area (Å²) in [5, 5.41) is 8.86. The van der Waals surface area contributed by atoms with Gasteiger partial charge in [0.25, 0.3) is 11.5 Å². The van der Waals surface area contributed by atoms with E-state index in [0.29, 0.717) is 46.5 Å². The molecule has 2 N–H and O–H groups in total. The second-order valence-electron chi connectivity index (χ2n) is 9.41. The maximum Gasteiger partial charge on any atom is 0.262 e. The molecule has 1 atom stereocenters. The average molecular weight is 573 g/mol. The number of hydrogen-bond acceptors (Lipinski definition) is 10. The molecule has 0 spiro atoms. The number of fused-ring (bicyclic) bond motifs is 1. The fraction of sp³-hybridized carbons (Fsp3) is 0.500. The second-order valence-corrected chi connectivity index (χ2v) is 11.3. The van der Waals surface area contributed by atoms with Crippen LogP contribution in [0.2, 0.25) is 0 Å². The van der Waals surface area contributed by atoms with Gasteiger partial charge in [0.05, 0.1) is 42.5 Å². The molecule has 0 saturated carbocycles. The van der Waals surface area contributed by atoms with Gasteiger partial charge in [-0.05, 0) is 44.0 Å². The van der Waals surface area contributed by atoms with Gasteiger partial charge < -0.3 is 20.1 Å². The van der Waals surface area contributed by atoms with Crippen molar-refractivity contribution in [2.24, 2.45) is 0 Å². The van der Waals surface area contributed by atoms with Crippen molar-refractivity contribution in [3.05, 3.63) is 45.7 Å². The van der Waals surface area contributed by atoms with Crippen molar-refractivity contribution in [1.29, 1.82) is 0 Å². The summed E-state index contributed by atoms with van der Waals surface area (Å²) in [7, 11) is 0. The number of aromatic nitrogens is 3. The first kappa shape index (κ1) is 27.7. The van der Waals surface area contributed by atoms with E-state index in [2.05, 4.69) is 20.5 Å². The van der Waals surface area contributed by atoms with Crippen LogP contribution in [0.15, 0.2) is 39.7 Å². The van der Waals surface area contributed by atoms with E-state index in [1.54, 1.807) is 34.3 Å². The number of nitrogens with zero attached hydrogens (tertiary/aromatic N) is 4. The summed E-state index contributed by atoms with van der Waals surface area (Å²) in [5.74, 6) is -0.383. The number of amides is 2. The number of nitrogens with one attached hydrogen (secondary N) is 2. The van der Waals surface area contributed by atoms with Gasteiger partial charge in [-0.25, -0.2) is 9.97 Å². The Morgan fingerprint density at radius 3 is 2.85 bits per heavy atom. The van der Waals surface area contributed by atoms with E-state index >= 15 is 0 Å². The maximum atomic E-state index is 13.5. The van der Waals surface area contributed by atoms with Crippen molar-refractivity contribution in [3.8, 4) is 0 Å². The Morgan fingerprint density at radius 2 is 2.08 bits per heavy atom. The van der Waals surface area contributed by atoms with Crippen LogP contribution in [0.25, 0.3) is 10.9 Å². The first-order valence-electron chi connectivity index (χ1n) is 13.1. The zero-order valence-corrected chi connectivity index (χ0v) is 23.2. The molecule has 2 aliphatic rings. The third-order valence-corrected chi connectivity index (χ3v) is 8.31. The van der Waals surface area contributed by atoms with E-state index in [-0.39, 0.29) is 29.2 Å². The summed E-state index contributed by atoms with van der Waals surface area (Å²) < 4.78 is 12.7. The van der Waals surface area contributed by atoms with E-state index < -0.39 is 0 Å². The Balaban J connectivity index is 1.29. The van der Waals surface area contributed by atoms with Gasteiger partial charge in [0.1, 0.15) is 0 Å². The van der Waals surface area contributed by atoms with Gasteiger partial charge in [0.2, 0.25) is 5.91 Å². The molecule has 0 radical (unpaired) electrons. The number of rotatable bonds is 11. The van der Waals surface area contributed by atoms with Gasteiger partial charge in [-0.2, -0.15) is 0 Å². The molecule has 208 valence electrons. The van der Waals surface area contributed by atoms with Crippen LogP contribution in [0.1, 0.15) is 29.6 Å². The van der Waals surface area contributed by atoms with Crippen molar-refractivity contribution in [2.45, 2.75) is 37.1 Å². The van der Waals surface area contributed by atoms with Crippen LogP contribution >= 0.6 is 23.1 Å². The molecule has 4 heterocycles. The minimum atomic E-state index is -0.238. The van der Waals surface area contributed by atoms with E-state index in [1.807, 2.05) is 0 Å². The first-order valence-corrected chi connectivity index (χ1v) is 15.0. The van der Waals surface area contributed by atoms with Gasteiger partial charge in [-0.1, -0.05) is 11.8 Å². The molecule has 2 fully saturated rings. The molecular weight excluding hydrogens is 540 g/mol. The molecule has 11 nitrogen and oxygen atoms in total. The predicted octanol–water partition coefficient (Wildman–Crippen LogP) is 2.21. The normalized spacial score (nSPS) is 17.9. The average Bonchev–Trinajstić information content (AvgIpc) is 3.66. The molecule has 2 aromatic heterocycles. The lowest BCUT2D eigenvalue weighted by Crippen LogP contribution is -2.38. The van der Waals surface area contributed by atoms with Crippen LogP contribution in [0.3, 0.4) is 0 Å². The smallest absolute Gasteiger partial charge is 0.262 e. The molecule has 1 aromatic carbocycles. The number of morpholine rings is 1. The van der Waals surface area contributed by atoms with Crippen molar-refractivity contribution >= 4 is 50.9 Å². The number of thiazole rings is 1. The zero-order chi connectivity index (χ0) is 27.0. The Morgan fingerprint density at radius 1 is 1.21 bits per heavy atom. The van der Waals surface area contributed by atoms with E-state index in [9.17, 15) is 14.4 Å². The Kier molecular flexibility index (Phi) is 9.58. The largest absolute Gasteiger partial charge is 0.379 e. The van der Waals surface area contributed by atoms with Crippen LogP contribution in [-0.4, -0.2) is 89.1 Å². The molecule has 0 unspecified atom stereocenters. The molecule has 0 bridgehead atoms. The van der Waals surface area contributed by atoms with Gasteiger partial charge >= 0.3 is 0 Å². The Labute approximate surface area is 234 Å². The fourth-order valence-corrected chi connectivity index (χ4v) is 5.96. The molecule has 3 aromatic rings. The summed E-state index contributed by atoms with van der Waals surface area (Å²) in [6.45, 7) is 5.84. The third-order valence-electron chi connectivity index (χ3n) is 6.64. The highest BCUT2D eigenvalue weighted by Crippen LogP contribution is 2.22. The molecule has 2 aliphatic heterocycles. The zero-order valence-electron chi connectivity index (χ0n) is 21.6.